The Labute approximate surface area is 268 Å². The van der Waals surface area contributed by atoms with Crippen LogP contribution in [0.3, 0.4) is 0 Å². The predicted molar refractivity (Wildman–Crippen MR) is 169 cm³/mol. The van der Waals surface area contributed by atoms with Crippen LogP contribution < -0.4 is 15.4 Å². The molecule has 2 N–H and O–H groups in total. The lowest BCUT2D eigenvalue weighted by molar-refractivity contribution is -0.139. The van der Waals surface area contributed by atoms with E-state index in [0.29, 0.717) is 74.9 Å². The first-order valence-corrected chi connectivity index (χ1v) is 16.3. The van der Waals surface area contributed by atoms with Crippen LogP contribution in [-0.2, 0) is 19.1 Å². The number of nitrogens with one attached hydrogen (secondary N) is 2. The summed E-state index contributed by atoms with van der Waals surface area (Å²) in [6.07, 6.45) is 4.99. The van der Waals surface area contributed by atoms with Gasteiger partial charge in [0, 0.05) is 50.7 Å². The van der Waals surface area contributed by atoms with Gasteiger partial charge in [0.15, 0.2) is 6.61 Å². The number of hydrogen-bond donors (Lipinski definition) is 2. The van der Waals surface area contributed by atoms with Gasteiger partial charge in [0.1, 0.15) is 17.5 Å². The van der Waals surface area contributed by atoms with Gasteiger partial charge in [-0.25, -0.2) is 9.78 Å². The number of ether oxygens (including phenoxy) is 2. The highest BCUT2D eigenvalue weighted by Crippen LogP contribution is 2.29. The molecule has 248 valence electrons. The smallest absolute Gasteiger partial charge is 0.409 e. The number of amides is 5. The second-order valence-electron chi connectivity index (χ2n) is 12.3. The van der Waals surface area contributed by atoms with E-state index in [1.54, 1.807) is 14.7 Å². The van der Waals surface area contributed by atoms with Crippen molar-refractivity contribution < 1.29 is 33.4 Å². The van der Waals surface area contributed by atoms with E-state index >= 15 is 0 Å². The van der Waals surface area contributed by atoms with Gasteiger partial charge in [0.25, 0.3) is 11.8 Å². The van der Waals surface area contributed by atoms with Crippen LogP contribution in [0.5, 0.6) is 5.75 Å². The third-order valence-corrected chi connectivity index (χ3v) is 8.66. The summed E-state index contributed by atoms with van der Waals surface area (Å²) in [5, 5.41) is 6.26. The topological polar surface area (TPSA) is 150 Å². The SMILES string of the molecule is CCCCOC(=O)N1CCN(C(=O)CNC(=O)c2cc(OCC(=O)N3CCCC3C(=O)NCC3CC3)c3ccc(C)cc3n2)CC1. The minimum atomic E-state index is -0.557. The Morgan fingerprint density at radius 1 is 0.935 bits per heavy atom. The third kappa shape index (κ3) is 8.43. The van der Waals surface area contributed by atoms with Crippen molar-refractivity contribution in [1.82, 2.24) is 30.3 Å². The first-order valence-electron chi connectivity index (χ1n) is 16.3. The van der Waals surface area contributed by atoms with Gasteiger partial charge in [-0.3, -0.25) is 19.2 Å². The number of aryl methyl sites for hydroxylation is 1. The maximum Gasteiger partial charge on any atom is 0.409 e. The summed E-state index contributed by atoms with van der Waals surface area (Å²) in [5.41, 5.74) is 1.49. The molecule has 3 heterocycles. The lowest BCUT2D eigenvalue weighted by Gasteiger charge is -2.34. The molecule has 2 saturated heterocycles. The number of benzene rings is 1. The molecule has 0 spiro atoms. The molecule has 46 heavy (non-hydrogen) atoms. The molecule has 1 aliphatic carbocycles. The average molecular weight is 637 g/mol. The molecule has 1 aromatic carbocycles. The number of rotatable bonds is 12. The van der Waals surface area contributed by atoms with E-state index < -0.39 is 11.9 Å². The van der Waals surface area contributed by atoms with Crippen LogP contribution in [0.15, 0.2) is 24.3 Å². The van der Waals surface area contributed by atoms with Gasteiger partial charge in [-0.2, -0.15) is 0 Å². The number of piperazine rings is 1. The van der Waals surface area contributed by atoms with E-state index in [1.165, 1.54) is 6.07 Å². The summed E-state index contributed by atoms with van der Waals surface area (Å²) in [5.74, 6) is -0.389. The fourth-order valence-electron chi connectivity index (χ4n) is 5.68. The number of fused-ring (bicyclic) bond motifs is 1. The second kappa shape index (κ2) is 15.2. The molecular formula is C33H44N6O7. The summed E-state index contributed by atoms with van der Waals surface area (Å²) in [7, 11) is 0. The Kier molecular flexibility index (Phi) is 10.9. The van der Waals surface area contributed by atoms with Crippen molar-refractivity contribution in [1.29, 1.82) is 0 Å². The van der Waals surface area contributed by atoms with Gasteiger partial charge < -0.3 is 34.8 Å². The number of likely N-dealkylation sites (tertiary alicyclic amines) is 1. The molecule has 3 aliphatic rings. The van der Waals surface area contributed by atoms with Crippen molar-refractivity contribution in [3.8, 4) is 5.75 Å². The minimum absolute atomic E-state index is 0.0477. The van der Waals surface area contributed by atoms with E-state index in [-0.39, 0.29) is 42.7 Å². The third-order valence-electron chi connectivity index (χ3n) is 8.66. The molecule has 2 aromatic rings. The predicted octanol–water partition coefficient (Wildman–Crippen LogP) is 2.25. The number of hydrogen-bond acceptors (Lipinski definition) is 8. The Bertz CT molecular complexity index is 1450. The Balaban J connectivity index is 1.17. The number of nitrogens with zero attached hydrogens (tertiary/aromatic N) is 4. The van der Waals surface area contributed by atoms with Crippen LogP contribution in [0.2, 0.25) is 0 Å². The van der Waals surface area contributed by atoms with Crippen molar-refractivity contribution in [3.05, 3.63) is 35.5 Å². The molecule has 3 fully saturated rings. The van der Waals surface area contributed by atoms with Gasteiger partial charge >= 0.3 is 6.09 Å². The zero-order valence-corrected chi connectivity index (χ0v) is 26.7. The van der Waals surface area contributed by atoms with Crippen LogP contribution in [0.4, 0.5) is 4.79 Å². The van der Waals surface area contributed by atoms with Gasteiger partial charge in [-0.1, -0.05) is 19.4 Å². The van der Waals surface area contributed by atoms with Crippen LogP contribution >= 0.6 is 0 Å². The maximum absolute atomic E-state index is 13.2. The zero-order chi connectivity index (χ0) is 32.6. The van der Waals surface area contributed by atoms with Gasteiger partial charge in [0.2, 0.25) is 11.8 Å². The molecule has 1 atom stereocenters. The summed E-state index contributed by atoms with van der Waals surface area (Å²) in [6.45, 7) is 6.32. The zero-order valence-electron chi connectivity index (χ0n) is 26.7. The quantitative estimate of drug-likeness (QED) is 0.337. The molecule has 5 rings (SSSR count). The van der Waals surface area contributed by atoms with E-state index in [2.05, 4.69) is 15.6 Å². The second-order valence-corrected chi connectivity index (χ2v) is 12.3. The van der Waals surface area contributed by atoms with Crippen molar-refractivity contribution in [2.45, 2.75) is 58.4 Å². The standard InChI is InChI=1S/C33H44N6O7/c1-3-4-16-45-33(44)38-14-12-37(13-15-38)29(40)20-35-31(42)26-18-28(24-10-7-22(2)17-25(24)36-26)46-21-30(41)39-11-5-6-27(39)32(43)34-19-23-8-9-23/h7,10,17-18,23,27H,3-6,8-9,11-16,19-21H2,1-2H3,(H,34,43)(H,35,42). The number of pyridine rings is 1. The van der Waals surface area contributed by atoms with Gasteiger partial charge in [-0.05, 0) is 62.6 Å². The number of unbranched alkanes of at least 4 members (excludes halogenated alkanes) is 1. The average Bonchev–Trinajstić information content (AvgIpc) is 3.77. The molecule has 13 nitrogen and oxygen atoms in total. The molecule has 13 heteroatoms. The van der Waals surface area contributed by atoms with Crippen molar-refractivity contribution in [2.75, 3.05) is 59.0 Å². The summed E-state index contributed by atoms with van der Waals surface area (Å²) >= 11 is 0. The summed E-state index contributed by atoms with van der Waals surface area (Å²) in [6, 6.07) is 6.50. The molecule has 0 radical (unpaired) electrons. The van der Waals surface area contributed by atoms with Crippen molar-refractivity contribution in [3.63, 3.8) is 0 Å². The van der Waals surface area contributed by atoms with Crippen LogP contribution in [0.1, 0.15) is 61.5 Å². The molecular weight excluding hydrogens is 592 g/mol. The molecule has 2 aliphatic heterocycles. The molecule has 5 amide bonds. The number of aromatic nitrogens is 1. The van der Waals surface area contributed by atoms with E-state index in [4.69, 9.17) is 9.47 Å². The summed E-state index contributed by atoms with van der Waals surface area (Å²) in [4.78, 5) is 73.4. The lowest BCUT2D eigenvalue weighted by atomic mass is 10.1. The Hall–Kier alpha value is -4.42. The fourth-order valence-corrected chi connectivity index (χ4v) is 5.68. The number of carbonyl (C=O) groups is 5. The number of carbonyl (C=O) groups excluding carboxylic acids is 5. The first kappa shape index (κ1) is 33.0. The van der Waals surface area contributed by atoms with Crippen molar-refractivity contribution in [2.24, 2.45) is 5.92 Å². The van der Waals surface area contributed by atoms with Crippen LogP contribution in [-0.4, -0.2) is 114 Å². The molecule has 1 aromatic heterocycles. The Morgan fingerprint density at radius 2 is 1.70 bits per heavy atom. The van der Waals surface area contributed by atoms with E-state index in [1.807, 2.05) is 32.0 Å². The molecule has 1 saturated carbocycles. The van der Waals surface area contributed by atoms with Crippen LogP contribution in [0, 0.1) is 12.8 Å². The first-order chi connectivity index (χ1) is 22.2. The highest BCUT2D eigenvalue weighted by Gasteiger charge is 2.35. The molecule has 1 unspecified atom stereocenters. The highest BCUT2D eigenvalue weighted by molar-refractivity contribution is 5.99. The fraction of sp³-hybridized carbons (Fsp3) is 0.576. The lowest BCUT2D eigenvalue weighted by Crippen LogP contribution is -2.52. The molecule has 0 bridgehead atoms. The largest absolute Gasteiger partial charge is 0.483 e. The minimum Gasteiger partial charge on any atom is -0.483 e. The highest BCUT2D eigenvalue weighted by atomic mass is 16.6. The summed E-state index contributed by atoms with van der Waals surface area (Å²) < 4.78 is 11.2. The Morgan fingerprint density at radius 3 is 2.43 bits per heavy atom. The monoisotopic (exact) mass is 636 g/mol. The van der Waals surface area contributed by atoms with Crippen LogP contribution in [0.25, 0.3) is 10.9 Å². The van der Waals surface area contributed by atoms with E-state index in [0.717, 1.165) is 37.7 Å². The van der Waals surface area contributed by atoms with E-state index in [9.17, 15) is 24.0 Å². The normalized spacial score (nSPS) is 18.0. The van der Waals surface area contributed by atoms with Gasteiger partial charge in [-0.15, -0.1) is 0 Å². The maximum atomic E-state index is 13.2. The van der Waals surface area contributed by atoms with Crippen molar-refractivity contribution >= 4 is 40.6 Å². The van der Waals surface area contributed by atoms with Gasteiger partial charge in [0.05, 0.1) is 18.7 Å².